The second-order valence-electron chi connectivity index (χ2n) is 15.8. The van der Waals surface area contributed by atoms with Crippen molar-refractivity contribution in [2.75, 3.05) is 0 Å². The molecule has 1 saturated carbocycles. The lowest BCUT2D eigenvalue weighted by Gasteiger charge is -2.46. The van der Waals surface area contributed by atoms with Crippen LogP contribution in [0.2, 0.25) is 0 Å². The molecule has 10 atom stereocenters. The van der Waals surface area contributed by atoms with Gasteiger partial charge in [-0.15, -0.1) is 0 Å². The van der Waals surface area contributed by atoms with E-state index in [-0.39, 0.29) is 17.6 Å². The molecule has 3 rings (SSSR count). The van der Waals surface area contributed by atoms with Gasteiger partial charge in [-0.25, -0.2) is 4.79 Å². The third-order valence-corrected chi connectivity index (χ3v) is 10.1. The number of ether oxygens (including phenoxy) is 7. The van der Waals surface area contributed by atoms with E-state index in [1.54, 1.807) is 51.1 Å². The Morgan fingerprint density at radius 1 is 0.772 bits per heavy atom. The number of carbonyl (C=O) groups excluding carboxylic acids is 7. The smallest absolute Gasteiger partial charge is 0.338 e. The molecule has 0 amide bonds. The van der Waals surface area contributed by atoms with Crippen LogP contribution in [-0.2, 0) is 61.9 Å². The predicted molar refractivity (Wildman–Crippen MR) is 202 cm³/mol. The summed E-state index contributed by atoms with van der Waals surface area (Å²) in [7, 11) is 0. The van der Waals surface area contributed by atoms with Crippen LogP contribution in [0.15, 0.2) is 54.6 Å². The molecule has 2 aliphatic rings. The number of aliphatic hydroxyl groups is 1. The summed E-state index contributed by atoms with van der Waals surface area (Å²) in [5, 5.41) is 13.4. The Balaban J connectivity index is 2.61. The number of fused-ring (bicyclic) bond motifs is 1. The number of esters is 7. The molecular weight excluding hydrogens is 744 g/mol. The number of benzene rings is 1. The van der Waals surface area contributed by atoms with Gasteiger partial charge >= 0.3 is 41.8 Å². The van der Waals surface area contributed by atoms with Crippen molar-refractivity contribution < 1.29 is 71.8 Å². The van der Waals surface area contributed by atoms with Gasteiger partial charge in [0, 0.05) is 57.4 Å². The topological polar surface area (TPSA) is 204 Å². The highest BCUT2D eigenvalue weighted by Crippen LogP contribution is 2.54. The van der Waals surface area contributed by atoms with E-state index in [0.717, 1.165) is 27.7 Å². The van der Waals surface area contributed by atoms with Crippen molar-refractivity contribution in [3.05, 3.63) is 60.2 Å². The molecule has 57 heavy (non-hydrogen) atoms. The maximum Gasteiger partial charge on any atom is 0.338 e. The number of rotatable bonds is 10. The minimum atomic E-state index is -2.42. The summed E-state index contributed by atoms with van der Waals surface area (Å²) < 4.78 is 41.7. The molecule has 0 bridgehead atoms. The zero-order chi connectivity index (χ0) is 43.2. The lowest BCUT2D eigenvalue weighted by Crippen LogP contribution is -2.60. The lowest BCUT2D eigenvalue weighted by molar-refractivity contribution is -0.198. The first kappa shape index (κ1) is 46.3. The quantitative estimate of drug-likeness (QED) is 0.193. The molecule has 1 aromatic rings. The molecule has 314 valence electrons. The molecule has 0 spiro atoms. The average Bonchev–Trinajstić information content (AvgIpc) is 3.32. The van der Waals surface area contributed by atoms with Crippen LogP contribution in [0.4, 0.5) is 0 Å². The van der Waals surface area contributed by atoms with Gasteiger partial charge in [-0.05, 0) is 19.1 Å². The van der Waals surface area contributed by atoms with Crippen LogP contribution in [0.3, 0.4) is 0 Å². The molecular formula is C42H56O15. The standard InChI is InChI=1S/C42H56O15/c1-13-30(47)54-33-24(5)32(55-38(48)22(2)3)31-36(52-26(7)44)41(12,57-28(9)46)21-42(31,50)35(56-39(49)29-17-15-14-16-18-29)23(4)19-20-40(10,11)37(53-27(8)45)34(33)51-25(6)43/h14-20,22-23,31-37,50H,5,13,21H2,1-4,6-12H3/b20-19+/t23-,31-,32-,33-,34+,35-,36+,37+,41+,42+/m0/s1. The predicted octanol–water partition coefficient (Wildman–Crippen LogP) is 4.76. The van der Waals surface area contributed by atoms with E-state index in [1.807, 2.05) is 0 Å². The molecule has 0 radical (unpaired) electrons. The summed E-state index contributed by atoms with van der Waals surface area (Å²) in [6.45, 7) is 19.5. The van der Waals surface area contributed by atoms with Crippen molar-refractivity contribution in [3.8, 4) is 0 Å². The Hall–Kier alpha value is -5.05. The largest absolute Gasteiger partial charge is 0.458 e. The first-order chi connectivity index (χ1) is 26.4. The van der Waals surface area contributed by atoms with Gasteiger partial charge in [0.05, 0.1) is 17.4 Å². The van der Waals surface area contributed by atoms with E-state index in [1.165, 1.54) is 39.8 Å². The summed E-state index contributed by atoms with van der Waals surface area (Å²) >= 11 is 0. The molecule has 1 aromatic carbocycles. The Morgan fingerprint density at radius 3 is 1.84 bits per heavy atom. The van der Waals surface area contributed by atoms with Crippen LogP contribution in [-0.4, -0.2) is 94.7 Å². The van der Waals surface area contributed by atoms with E-state index in [4.69, 9.17) is 33.2 Å². The van der Waals surface area contributed by atoms with Gasteiger partial charge in [0.15, 0.2) is 24.4 Å². The molecule has 1 fully saturated rings. The van der Waals surface area contributed by atoms with Gasteiger partial charge in [0.25, 0.3) is 0 Å². The average molecular weight is 801 g/mol. The fourth-order valence-corrected chi connectivity index (χ4v) is 7.63. The minimum absolute atomic E-state index is 0.121. The normalized spacial score (nSPS) is 31.6. The Labute approximate surface area is 333 Å². The van der Waals surface area contributed by atoms with Gasteiger partial charge in [-0.2, -0.15) is 0 Å². The van der Waals surface area contributed by atoms with Crippen LogP contribution < -0.4 is 0 Å². The molecule has 15 nitrogen and oxygen atoms in total. The van der Waals surface area contributed by atoms with E-state index >= 15 is 0 Å². The van der Waals surface area contributed by atoms with Gasteiger partial charge in [-0.1, -0.05) is 78.5 Å². The summed E-state index contributed by atoms with van der Waals surface area (Å²) in [4.78, 5) is 92.3. The van der Waals surface area contributed by atoms with Crippen molar-refractivity contribution in [2.45, 2.75) is 137 Å². The number of hydrogen-bond donors (Lipinski definition) is 1. The monoisotopic (exact) mass is 800 g/mol. The third kappa shape index (κ3) is 10.9. The number of hydrogen-bond acceptors (Lipinski definition) is 15. The molecule has 0 heterocycles. The minimum Gasteiger partial charge on any atom is -0.458 e. The molecule has 0 unspecified atom stereocenters. The van der Waals surface area contributed by atoms with Crippen molar-refractivity contribution in [3.63, 3.8) is 0 Å². The summed E-state index contributed by atoms with van der Waals surface area (Å²) in [6, 6.07) is 7.93. The van der Waals surface area contributed by atoms with Crippen LogP contribution >= 0.6 is 0 Å². The summed E-state index contributed by atoms with van der Waals surface area (Å²) in [5.41, 5.74) is -5.76. The highest BCUT2D eigenvalue weighted by Gasteiger charge is 2.70. The summed E-state index contributed by atoms with van der Waals surface area (Å²) in [5.74, 6) is -9.39. The van der Waals surface area contributed by atoms with Gasteiger partial charge in [0.1, 0.15) is 23.4 Å². The second kappa shape index (κ2) is 18.5. The highest BCUT2D eigenvalue weighted by atomic mass is 16.6. The molecule has 0 saturated heterocycles. The fourth-order valence-electron chi connectivity index (χ4n) is 7.63. The van der Waals surface area contributed by atoms with E-state index in [0.29, 0.717) is 0 Å². The maximum atomic E-state index is 13.9. The number of carbonyl (C=O) groups is 7. The Kier molecular flexibility index (Phi) is 15.0. The van der Waals surface area contributed by atoms with E-state index < -0.39 is 119 Å². The van der Waals surface area contributed by atoms with Crippen molar-refractivity contribution >= 4 is 41.8 Å². The van der Waals surface area contributed by atoms with Crippen molar-refractivity contribution in [1.29, 1.82) is 0 Å². The Bertz CT molecular complexity index is 1730. The van der Waals surface area contributed by atoms with E-state index in [9.17, 15) is 38.7 Å². The van der Waals surface area contributed by atoms with Crippen LogP contribution in [0.25, 0.3) is 0 Å². The molecule has 15 heteroatoms. The molecule has 0 aliphatic heterocycles. The first-order valence-corrected chi connectivity index (χ1v) is 18.9. The first-order valence-electron chi connectivity index (χ1n) is 18.9. The highest BCUT2D eigenvalue weighted by molar-refractivity contribution is 5.89. The molecule has 1 N–H and O–H groups in total. The third-order valence-electron chi connectivity index (χ3n) is 10.1. The second-order valence-corrected chi connectivity index (χ2v) is 15.8. The summed E-state index contributed by atoms with van der Waals surface area (Å²) in [6.07, 6.45) is -7.49. The van der Waals surface area contributed by atoms with Crippen molar-refractivity contribution in [2.24, 2.45) is 23.2 Å². The van der Waals surface area contributed by atoms with Gasteiger partial charge in [0.2, 0.25) is 0 Å². The zero-order valence-corrected chi connectivity index (χ0v) is 34.5. The van der Waals surface area contributed by atoms with Crippen LogP contribution in [0.5, 0.6) is 0 Å². The van der Waals surface area contributed by atoms with Crippen molar-refractivity contribution in [1.82, 2.24) is 0 Å². The SMILES string of the molecule is C=C1[C@H](OC(=O)CC)[C@@H](OC(C)=O)[C@@H](OC(C)=O)C(C)(C)/C=C/[C@H](C)[C@H](OC(=O)c2ccccc2)[C@@]2(O)C[C@@](C)(OC(C)=O)[C@H](OC(C)=O)[C@@H]2[C@H]1OC(=O)C(C)C. The zero-order valence-electron chi connectivity index (χ0n) is 34.5. The maximum absolute atomic E-state index is 13.9. The van der Waals surface area contributed by atoms with Gasteiger partial charge in [-0.3, -0.25) is 28.8 Å². The molecule has 0 aromatic heterocycles. The Morgan fingerprint density at radius 2 is 1.33 bits per heavy atom. The lowest BCUT2D eigenvalue weighted by atomic mass is 9.71. The fraction of sp³-hybridized carbons (Fsp3) is 0.595. The van der Waals surface area contributed by atoms with Crippen LogP contribution in [0, 0.1) is 23.2 Å². The van der Waals surface area contributed by atoms with Crippen LogP contribution in [0.1, 0.15) is 99.4 Å². The van der Waals surface area contributed by atoms with Gasteiger partial charge < -0.3 is 38.3 Å². The van der Waals surface area contributed by atoms with E-state index in [2.05, 4.69) is 6.58 Å². The molecule has 2 aliphatic carbocycles.